The van der Waals surface area contributed by atoms with Gasteiger partial charge in [-0.1, -0.05) is 23.7 Å². The highest BCUT2D eigenvalue weighted by atomic mass is 35.5. The highest BCUT2D eigenvalue weighted by Gasteiger charge is 2.53. The molecule has 5 nitrogen and oxygen atoms in total. The van der Waals surface area contributed by atoms with Gasteiger partial charge in [-0.05, 0) is 75.6 Å². The molecule has 0 amide bonds. The zero-order chi connectivity index (χ0) is 27.8. The van der Waals surface area contributed by atoms with Gasteiger partial charge in [-0.25, -0.2) is 17.7 Å². The summed E-state index contributed by atoms with van der Waals surface area (Å²) in [5, 5.41) is 0.634. The van der Waals surface area contributed by atoms with Crippen LogP contribution in [0, 0.1) is 17.6 Å². The predicted octanol–water partition coefficient (Wildman–Crippen LogP) is 5.84. The first-order valence-corrected chi connectivity index (χ1v) is 16.0. The molecule has 5 rings (SSSR count). The lowest BCUT2D eigenvalue weighted by atomic mass is 9.60. The molecule has 2 fully saturated rings. The van der Waals surface area contributed by atoms with Crippen LogP contribution in [-0.2, 0) is 32.3 Å². The average Bonchev–Trinajstić information content (AvgIpc) is 2.87. The normalized spacial score (nSPS) is 26.6. The Labute approximate surface area is 241 Å². The smallest absolute Gasteiger partial charge is 0.165 e. The van der Waals surface area contributed by atoms with Crippen LogP contribution in [0.25, 0.3) is 0 Å². The van der Waals surface area contributed by atoms with Crippen molar-refractivity contribution in [3.63, 3.8) is 0 Å². The summed E-state index contributed by atoms with van der Waals surface area (Å²) in [4.78, 5) is 0. The molecule has 0 aliphatic carbocycles. The maximum Gasteiger partial charge on any atom is 0.165 e. The Kier molecular flexibility index (Phi) is 8.68. The Hall–Kier alpha value is -1.23. The Bertz CT molecular complexity index is 1210. The van der Waals surface area contributed by atoms with E-state index in [1.165, 1.54) is 6.07 Å². The van der Waals surface area contributed by atoms with E-state index in [2.05, 4.69) is 4.72 Å². The van der Waals surface area contributed by atoms with E-state index < -0.39 is 28.0 Å². The summed E-state index contributed by atoms with van der Waals surface area (Å²) in [5.41, 5.74) is 0.382. The van der Waals surface area contributed by atoms with Crippen molar-refractivity contribution in [2.75, 3.05) is 37.9 Å². The van der Waals surface area contributed by atoms with Gasteiger partial charge in [0.05, 0.1) is 47.2 Å². The summed E-state index contributed by atoms with van der Waals surface area (Å²) >= 11 is 7.90. The fourth-order valence-corrected chi connectivity index (χ4v) is 8.11. The highest BCUT2D eigenvalue weighted by Crippen LogP contribution is 2.53. The molecule has 2 saturated heterocycles. The van der Waals surface area contributed by atoms with Crippen LogP contribution in [-0.4, -0.2) is 58.5 Å². The van der Waals surface area contributed by atoms with Gasteiger partial charge in [0.25, 0.3) is 0 Å². The van der Waals surface area contributed by atoms with Crippen molar-refractivity contribution in [3.8, 4) is 5.75 Å². The van der Waals surface area contributed by atoms with Gasteiger partial charge < -0.3 is 14.2 Å². The minimum Gasteiger partial charge on any atom is -0.490 e. The zero-order valence-electron chi connectivity index (χ0n) is 22.6. The quantitative estimate of drug-likeness (QED) is 0.367. The molecular formula is C29H36ClF2NO4S2. The van der Waals surface area contributed by atoms with Crippen LogP contribution < -0.4 is 9.46 Å². The van der Waals surface area contributed by atoms with Crippen molar-refractivity contribution >= 4 is 34.3 Å². The third kappa shape index (κ3) is 6.04. The number of hydrogen-bond acceptors (Lipinski definition) is 5. The summed E-state index contributed by atoms with van der Waals surface area (Å²) in [6.45, 7) is 7.64. The monoisotopic (exact) mass is 599 g/mol. The third-order valence-corrected chi connectivity index (χ3v) is 11.2. The van der Waals surface area contributed by atoms with Gasteiger partial charge >= 0.3 is 0 Å². The van der Waals surface area contributed by atoms with E-state index in [1.54, 1.807) is 11.8 Å². The van der Waals surface area contributed by atoms with Crippen molar-refractivity contribution in [2.24, 2.45) is 5.92 Å². The van der Waals surface area contributed by atoms with Gasteiger partial charge in [-0.3, -0.25) is 0 Å². The largest absolute Gasteiger partial charge is 0.490 e. The third-order valence-electron chi connectivity index (χ3n) is 7.98. The molecule has 0 unspecified atom stereocenters. The second kappa shape index (κ2) is 11.6. The average molecular weight is 600 g/mol. The fraction of sp³-hybridized carbons (Fsp3) is 0.586. The van der Waals surface area contributed by atoms with Crippen LogP contribution in [0.4, 0.5) is 8.78 Å². The highest BCUT2D eigenvalue weighted by molar-refractivity contribution is 7.99. The van der Waals surface area contributed by atoms with E-state index in [1.807, 2.05) is 45.0 Å². The van der Waals surface area contributed by atoms with Crippen molar-refractivity contribution < 1.29 is 27.2 Å². The molecule has 3 aliphatic heterocycles. The number of rotatable bonds is 9. The van der Waals surface area contributed by atoms with Crippen LogP contribution in [0.1, 0.15) is 44.7 Å². The van der Waals surface area contributed by atoms with E-state index in [-0.39, 0.29) is 34.7 Å². The first-order valence-electron chi connectivity index (χ1n) is 13.4. The molecule has 0 bridgehead atoms. The van der Waals surface area contributed by atoms with Gasteiger partial charge in [0.15, 0.2) is 11.6 Å². The molecule has 0 spiro atoms. The summed E-state index contributed by atoms with van der Waals surface area (Å²) < 4.78 is 63.6. The van der Waals surface area contributed by atoms with Crippen molar-refractivity contribution in [1.82, 2.24) is 4.72 Å². The van der Waals surface area contributed by atoms with Crippen molar-refractivity contribution in [1.29, 1.82) is 0 Å². The lowest BCUT2D eigenvalue weighted by Crippen LogP contribution is -2.64. The van der Waals surface area contributed by atoms with E-state index in [9.17, 15) is 8.60 Å². The standard InChI is InChI=1S/C29H36ClF2NO4S2/c1-27(2,3)39(34)33-28(16-35-17-28)18-38-13-10-24-21-15-37-26-23(32)9-8-22(31)25(26)29(21,11-12-36-24)14-19-4-6-20(30)7-5-19/h4-9,21,24,33H,10-18H2,1-3H3/t21-,24-,29-,39+/m0/s1. The second-order valence-electron chi connectivity index (χ2n) is 11.9. The van der Waals surface area contributed by atoms with Crippen LogP contribution in [0.2, 0.25) is 5.02 Å². The number of fused-ring (bicyclic) bond motifs is 3. The molecule has 4 atom stereocenters. The minimum atomic E-state index is -1.18. The van der Waals surface area contributed by atoms with Gasteiger partial charge in [0.2, 0.25) is 0 Å². The van der Waals surface area contributed by atoms with Crippen LogP contribution in [0.3, 0.4) is 0 Å². The van der Waals surface area contributed by atoms with E-state index in [0.29, 0.717) is 43.2 Å². The van der Waals surface area contributed by atoms with E-state index in [0.717, 1.165) is 29.6 Å². The number of benzene rings is 2. The SMILES string of the molecule is CC(C)(C)[S@@](=O)NC1(CSCC[C@@H]2OCC[C@@]3(Cc4ccc(Cl)cc4)c4c(F)ccc(F)c4OC[C@@H]23)COC1. The number of halogens is 3. The molecular weight excluding hydrogens is 564 g/mol. The minimum absolute atomic E-state index is 0.0279. The predicted molar refractivity (Wildman–Crippen MR) is 153 cm³/mol. The first-order chi connectivity index (χ1) is 18.5. The van der Waals surface area contributed by atoms with Gasteiger partial charge in [-0.15, -0.1) is 0 Å². The molecule has 2 aromatic rings. The molecule has 3 aliphatic rings. The summed E-state index contributed by atoms with van der Waals surface area (Å²) in [6, 6.07) is 9.92. The Morgan fingerprint density at radius 2 is 1.85 bits per heavy atom. The number of nitrogens with one attached hydrogen (secondary N) is 1. The molecule has 39 heavy (non-hydrogen) atoms. The Balaban J connectivity index is 1.33. The lowest BCUT2D eigenvalue weighted by Gasteiger charge is -2.51. The number of hydrogen-bond donors (Lipinski definition) is 1. The number of thioether (sulfide) groups is 1. The maximum absolute atomic E-state index is 15.5. The molecule has 10 heteroatoms. The Morgan fingerprint density at radius 1 is 1.13 bits per heavy atom. The maximum atomic E-state index is 15.5. The van der Waals surface area contributed by atoms with E-state index >= 15 is 4.39 Å². The van der Waals surface area contributed by atoms with Crippen LogP contribution in [0.5, 0.6) is 5.75 Å². The van der Waals surface area contributed by atoms with Gasteiger partial charge in [0.1, 0.15) is 5.82 Å². The van der Waals surface area contributed by atoms with Gasteiger partial charge in [0, 0.05) is 34.3 Å². The van der Waals surface area contributed by atoms with Crippen molar-refractivity contribution in [3.05, 3.63) is 64.2 Å². The Morgan fingerprint density at radius 3 is 2.51 bits per heavy atom. The lowest BCUT2D eigenvalue weighted by molar-refractivity contribution is -0.0962. The fourth-order valence-electron chi connectivity index (χ4n) is 5.83. The zero-order valence-corrected chi connectivity index (χ0v) is 25.0. The molecule has 2 aromatic carbocycles. The molecule has 0 radical (unpaired) electrons. The van der Waals surface area contributed by atoms with Crippen LogP contribution in [0.15, 0.2) is 36.4 Å². The molecule has 1 N–H and O–H groups in total. The summed E-state index contributed by atoms with van der Waals surface area (Å²) in [6.07, 6.45) is 1.69. The van der Waals surface area contributed by atoms with E-state index in [4.69, 9.17) is 25.8 Å². The number of ether oxygens (including phenoxy) is 3. The van der Waals surface area contributed by atoms with Gasteiger partial charge in [-0.2, -0.15) is 11.8 Å². The topological polar surface area (TPSA) is 56.8 Å². The molecule has 214 valence electrons. The molecule has 0 aromatic heterocycles. The second-order valence-corrected chi connectivity index (χ2v) is 15.4. The van der Waals surface area contributed by atoms with Crippen molar-refractivity contribution in [2.45, 2.75) is 61.8 Å². The van der Waals surface area contributed by atoms with Crippen LogP contribution >= 0.6 is 23.4 Å². The molecule has 0 saturated carbocycles. The summed E-state index contributed by atoms with van der Waals surface area (Å²) in [5.74, 6) is 0.486. The molecule has 3 heterocycles. The first kappa shape index (κ1) is 29.3. The summed E-state index contributed by atoms with van der Waals surface area (Å²) in [7, 11) is -1.18.